The van der Waals surface area contributed by atoms with Gasteiger partial charge in [0, 0.05) is 6.54 Å². The molecule has 1 aliphatic rings. The number of anilines is 1. The van der Waals surface area contributed by atoms with Crippen LogP contribution in [0.25, 0.3) is 0 Å². The second kappa shape index (κ2) is 6.01. The number of hydrogen-bond acceptors (Lipinski definition) is 3. The molecule has 20 heavy (non-hydrogen) atoms. The molecule has 0 aromatic heterocycles. The molecule has 0 aliphatic carbocycles. The van der Waals surface area contributed by atoms with Crippen molar-refractivity contribution in [1.82, 2.24) is 10.6 Å². The third-order valence-electron chi connectivity index (χ3n) is 2.88. The van der Waals surface area contributed by atoms with Gasteiger partial charge in [0.2, 0.25) is 11.8 Å². The molecule has 0 saturated heterocycles. The predicted octanol–water partition coefficient (Wildman–Crippen LogP) is 0.429. The van der Waals surface area contributed by atoms with E-state index in [1.165, 1.54) is 0 Å². The fourth-order valence-corrected chi connectivity index (χ4v) is 1.90. The van der Waals surface area contributed by atoms with E-state index < -0.39 is 11.9 Å². The van der Waals surface area contributed by atoms with Gasteiger partial charge in [-0.15, -0.1) is 6.58 Å². The molecule has 104 valence electrons. The summed E-state index contributed by atoms with van der Waals surface area (Å²) in [5.41, 5.74) is 0.832. The average Bonchev–Trinajstić information content (AvgIpc) is 2.55. The maximum absolute atomic E-state index is 12.0. The summed E-state index contributed by atoms with van der Waals surface area (Å²) >= 11 is 0. The molecular weight excluding hydrogens is 258 g/mol. The predicted molar refractivity (Wildman–Crippen MR) is 74.1 cm³/mol. The third-order valence-corrected chi connectivity index (χ3v) is 2.88. The average molecular weight is 273 g/mol. The van der Waals surface area contributed by atoms with Gasteiger partial charge in [0.1, 0.15) is 6.04 Å². The Bertz CT molecular complexity index is 569. The number of rotatable bonds is 4. The Morgan fingerprint density at radius 1 is 1.35 bits per heavy atom. The molecule has 1 aliphatic heterocycles. The van der Waals surface area contributed by atoms with E-state index in [0.717, 1.165) is 0 Å². The summed E-state index contributed by atoms with van der Waals surface area (Å²) in [7, 11) is 0. The highest BCUT2D eigenvalue weighted by atomic mass is 16.2. The Labute approximate surface area is 116 Å². The smallest absolute Gasteiger partial charge is 0.254 e. The highest BCUT2D eigenvalue weighted by molar-refractivity contribution is 6.10. The molecule has 1 aromatic carbocycles. The van der Waals surface area contributed by atoms with Crippen molar-refractivity contribution in [1.29, 1.82) is 0 Å². The number of para-hydroxylation sites is 1. The minimum absolute atomic E-state index is 0.112. The van der Waals surface area contributed by atoms with E-state index in [-0.39, 0.29) is 18.2 Å². The van der Waals surface area contributed by atoms with E-state index in [1.54, 1.807) is 30.3 Å². The Hall–Kier alpha value is -2.63. The fraction of sp³-hybridized carbons (Fsp3) is 0.214. The van der Waals surface area contributed by atoms with Crippen LogP contribution >= 0.6 is 0 Å². The second-order valence-corrected chi connectivity index (χ2v) is 4.36. The summed E-state index contributed by atoms with van der Waals surface area (Å²) in [5.74, 6) is -1.10. The summed E-state index contributed by atoms with van der Waals surface area (Å²) in [6.45, 7) is 3.81. The largest absolute Gasteiger partial charge is 0.353 e. The maximum atomic E-state index is 12.0. The molecule has 0 bridgehead atoms. The van der Waals surface area contributed by atoms with Gasteiger partial charge in [0.05, 0.1) is 17.7 Å². The standard InChI is InChI=1S/C14H15N3O3/c1-2-7-15-12(18)8-11-14(20)16-10-6-4-3-5-9(10)13(19)17-11/h2-6,11H,1,7-8H2,(H,15,18)(H,16,20)(H,17,19). The van der Waals surface area contributed by atoms with Crippen molar-refractivity contribution in [2.45, 2.75) is 12.5 Å². The number of fused-ring (bicyclic) bond motifs is 1. The number of amides is 3. The van der Waals surface area contributed by atoms with Crippen LogP contribution in [0.3, 0.4) is 0 Å². The van der Waals surface area contributed by atoms with Crippen molar-refractivity contribution >= 4 is 23.4 Å². The first-order valence-corrected chi connectivity index (χ1v) is 6.20. The lowest BCUT2D eigenvalue weighted by Crippen LogP contribution is -2.44. The molecule has 2 rings (SSSR count). The van der Waals surface area contributed by atoms with Crippen molar-refractivity contribution in [2.75, 3.05) is 11.9 Å². The molecule has 0 spiro atoms. The van der Waals surface area contributed by atoms with E-state index in [4.69, 9.17) is 0 Å². The van der Waals surface area contributed by atoms with Crippen LogP contribution < -0.4 is 16.0 Å². The minimum atomic E-state index is -0.889. The van der Waals surface area contributed by atoms with E-state index in [0.29, 0.717) is 17.8 Å². The van der Waals surface area contributed by atoms with Gasteiger partial charge in [-0.05, 0) is 12.1 Å². The number of carbonyl (C=O) groups excluding carboxylic acids is 3. The number of nitrogens with one attached hydrogen (secondary N) is 3. The van der Waals surface area contributed by atoms with Crippen molar-refractivity contribution in [2.24, 2.45) is 0 Å². The van der Waals surface area contributed by atoms with Crippen molar-refractivity contribution in [3.05, 3.63) is 42.5 Å². The SMILES string of the molecule is C=CCNC(=O)CC1NC(=O)c2ccccc2NC1=O. The number of benzene rings is 1. The summed E-state index contributed by atoms with van der Waals surface area (Å²) in [4.78, 5) is 35.6. The topological polar surface area (TPSA) is 87.3 Å². The van der Waals surface area contributed by atoms with E-state index in [1.807, 2.05) is 0 Å². The van der Waals surface area contributed by atoms with Crippen LogP contribution in [-0.4, -0.2) is 30.3 Å². The number of hydrogen-bond donors (Lipinski definition) is 3. The lowest BCUT2D eigenvalue weighted by atomic mass is 10.1. The Balaban J connectivity index is 2.11. The Kier molecular flexibility index (Phi) is 4.14. The first-order valence-electron chi connectivity index (χ1n) is 6.20. The number of carbonyl (C=O) groups is 3. The molecule has 0 saturated carbocycles. The van der Waals surface area contributed by atoms with Crippen LogP contribution in [0.4, 0.5) is 5.69 Å². The summed E-state index contributed by atoms with van der Waals surface area (Å²) in [6.07, 6.45) is 1.43. The fourth-order valence-electron chi connectivity index (χ4n) is 1.90. The van der Waals surface area contributed by atoms with Crippen molar-refractivity contribution < 1.29 is 14.4 Å². The molecule has 6 heteroatoms. The van der Waals surface area contributed by atoms with Crippen LogP contribution in [0.15, 0.2) is 36.9 Å². The molecule has 1 unspecified atom stereocenters. The molecular formula is C14H15N3O3. The maximum Gasteiger partial charge on any atom is 0.254 e. The van der Waals surface area contributed by atoms with E-state index in [9.17, 15) is 14.4 Å². The van der Waals surface area contributed by atoms with Gasteiger partial charge in [-0.1, -0.05) is 18.2 Å². The molecule has 6 nitrogen and oxygen atoms in total. The highest BCUT2D eigenvalue weighted by Crippen LogP contribution is 2.18. The molecule has 3 amide bonds. The van der Waals surface area contributed by atoms with Gasteiger partial charge in [0.15, 0.2) is 0 Å². The van der Waals surface area contributed by atoms with Crippen LogP contribution in [0.1, 0.15) is 16.8 Å². The molecule has 0 fully saturated rings. The van der Waals surface area contributed by atoms with Crippen molar-refractivity contribution in [3.8, 4) is 0 Å². The van der Waals surface area contributed by atoms with Crippen LogP contribution in [0.5, 0.6) is 0 Å². The zero-order chi connectivity index (χ0) is 14.5. The van der Waals surface area contributed by atoms with Gasteiger partial charge in [-0.2, -0.15) is 0 Å². The summed E-state index contributed by atoms with van der Waals surface area (Å²) < 4.78 is 0. The molecule has 1 heterocycles. The zero-order valence-electron chi connectivity index (χ0n) is 10.8. The van der Waals surface area contributed by atoms with Crippen LogP contribution in [0.2, 0.25) is 0 Å². The molecule has 1 aromatic rings. The van der Waals surface area contributed by atoms with Gasteiger partial charge in [-0.3, -0.25) is 14.4 Å². The lowest BCUT2D eigenvalue weighted by Gasteiger charge is -2.13. The lowest BCUT2D eigenvalue weighted by molar-refractivity contribution is -0.125. The van der Waals surface area contributed by atoms with Gasteiger partial charge < -0.3 is 16.0 Å². The minimum Gasteiger partial charge on any atom is -0.353 e. The first kappa shape index (κ1) is 13.8. The van der Waals surface area contributed by atoms with Gasteiger partial charge >= 0.3 is 0 Å². The Morgan fingerprint density at radius 2 is 2.10 bits per heavy atom. The van der Waals surface area contributed by atoms with Crippen LogP contribution in [-0.2, 0) is 9.59 Å². The highest BCUT2D eigenvalue weighted by Gasteiger charge is 2.29. The third kappa shape index (κ3) is 3.03. The first-order chi connectivity index (χ1) is 9.61. The quantitative estimate of drug-likeness (QED) is 0.695. The van der Waals surface area contributed by atoms with Crippen molar-refractivity contribution in [3.63, 3.8) is 0 Å². The van der Waals surface area contributed by atoms with Gasteiger partial charge in [0.25, 0.3) is 5.91 Å². The molecule has 3 N–H and O–H groups in total. The summed E-state index contributed by atoms with van der Waals surface area (Å²) in [6, 6.07) is 5.81. The van der Waals surface area contributed by atoms with Gasteiger partial charge in [-0.25, -0.2) is 0 Å². The monoisotopic (exact) mass is 273 g/mol. The second-order valence-electron chi connectivity index (χ2n) is 4.36. The molecule has 0 radical (unpaired) electrons. The Morgan fingerprint density at radius 3 is 2.85 bits per heavy atom. The van der Waals surface area contributed by atoms with Crippen LogP contribution in [0, 0.1) is 0 Å². The normalized spacial score (nSPS) is 17.3. The zero-order valence-corrected chi connectivity index (χ0v) is 10.8. The van der Waals surface area contributed by atoms with E-state index >= 15 is 0 Å². The summed E-state index contributed by atoms with van der Waals surface area (Å²) in [5, 5.41) is 7.76. The van der Waals surface area contributed by atoms with E-state index in [2.05, 4.69) is 22.5 Å². The molecule has 1 atom stereocenters.